The van der Waals surface area contributed by atoms with Crippen LogP contribution in [0.3, 0.4) is 0 Å². The van der Waals surface area contributed by atoms with Crippen LogP contribution in [0.4, 0.5) is 0 Å². The molecule has 0 atom stereocenters. The van der Waals surface area contributed by atoms with Crippen LogP contribution in [0.5, 0.6) is 0 Å². The van der Waals surface area contributed by atoms with Crippen LogP contribution in [0, 0.1) is 6.92 Å². The molecule has 1 aromatic rings. The Labute approximate surface area is 95.8 Å². The van der Waals surface area contributed by atoms with E-state index in [1.165, 1.54) is 6.08 Å². The van der Waals surface area contributed by atoms with Gasteiger partial charge >= 0.3 is 0 Å². The molecule has 3 heteroatoms. The highest BCUT2D eigenvalue weighted by molar-refractivity contribution is 5.91. The lowest BCUT2D eigenvalue weighted by Gasteiger charge is -1.97. The summed E-state index contributed by atoms with van der Waals surface area (Å²) >= 11 is 0. The van der Waals surface area contributed by atoms with E-state index >= 15 is 0 Å². The normalized spacial score (nSPS) is 11.4. The average molecular weight is 219 g/mol. The van der Waals surface area contributed by atoms with E-state index in [0.717, 1.165) is 12.2 Å². The topological polar surface area (TPSA) is 42.2 Å². The molecule has 0 aliphatic rings. The summed E-state index contributed by atoms with van der Waals surface area (Å²) in [4.78, 5) is 11.3. The van der Waals surface area contributed by atoms with Gasteiger partial charge in [-0.25, -0.2) is 0 Å². The Morgan fingerprint density at radius 3 is 2.94 bits per heavy atom. The van der Waals surface area contributed by atoms with Crippen LogP contribution in [-0.2, 0) is 4.79 Å². The molecule has 1 amide bonds. The van der Waals surface area contributed by atoms with Crippen molar-refractivity contribution in [3.8, 4) is 0 Å². The van der Waals surface area contributed by atoms with E-state index in [2.05, 4.69) is 5.32 Å². The van der Waals surface area contributed by atoms with Gasteiger partial charge in [-0.05, 0) is 38.5 Å². The van der Waals surface area contributed by atoms with Crippen molar-refractivity contribution in [2.24, 2.45) is 0 Å². The van der Waals surface area contributed by atoms with E-state index in [4.69, 9.17) is 4.42 Å². The number of hydrogen-bond acceptors (Lipinski definition) is 2. The summed E-state index contributed by atoms with van der Waals surface area (Å²) in [5, 5.41) is 2.78. The number of amides is 1. The zero-order chi connectivity index (χ0) is 11.8. The van der Waals surface area contributed by atoms with Crippen LogP contribution in [-0.4, -0.2) is 12.5 Å². The Hall–Kier alpha value is -1.77. The lowest BCUT2D eigenvalue weighted by atomic mass is 10.3. The highest BCUT2D eigenvalue weighted by Crippen LogP contribution is 2.07. The third-order valence-corrected chi connectivity index (χ3v) is 2.01. The van der Waals surface area contributed by atoms with E-state index in [1.54, 1.807) is 6.08 Å². The molecule has 0 aliphatic heterocycles. The third-order valence-electron chi connectivity index (χ3n) is 2.01. The van der Waals surface area contributed by atoms with Gasteiger partial charge in [0.2, 0.25) is 5.91 Å². The molecule has 16 heavy (non-hydrogen) atoms. The standard InChI is InChI=1S/C13H17NO2/c1-3-4-5-10-14-13(15)9-8-12-7-6-11(2)16-12/h3-4,6-9H,5,10H2,1-2H3,(H,14,15)/b4-3+,9-8+. The number of furan rings is 1. The van der Waals surface area contributed by atoms with Crippen LogP contribution in [0.1, 0.15) is 24.9 Å². The molecule has 0 aromatic carbocycles. The van der Waals surface area contributed by atoms with E-state index in [9.17, 15) is 4.79 Å². The molecule has 0 bridgehead atoms. The molecule has 1 rings (SSSR count). The van der Waals surface area contributed by atoms with E-state index < -0.39 is 0 Å². The minimum atomic E-state index is -0.0986. The van der Waals surface area contributed by atoms with E-state index in [-0.39, 0.29) is 5.91 Å². The Bertz CT molecular complexity index is 388. The van der Waals surface area contributed by atoms with Gasteiger partial charge in [0.1, 0.15) is 11.5 Å². The van der Waals surface area contributed by atoms with Crippen molar-refractivity contribution in [1.82, 2.24) is 5.32 Å². The molecular weight excluding hydrogens is 202 g/mol. The van der Waals surface area contributed by atoms with Gasteiger partial charge in [-0.1, -0.05) is 12.2 Å². The molecule has 0 fully saturated rings. The minimum Gasteiger partial charge on any atom is -0.462 e. The molecule has 0 aliphatic carbocycles. The quantitative estimate of drug-likeness (QED) is 0.470. The monoisotopic (exact) mass is 219 g/mol. The Morgan fingerprint density at radius 1 is 1.50 bits per heavy atom. The number of nitrogens with one attached hydrogen (secondary N) is 1. The number of carbonyl (C=O) groups excluding carboxylic acids is 1. The van der Waals surface area contributed by atoms with Crippen LogP contribution in [0.25, 0.3) is 6.08 Å². The van der Waals surface area contributed by atoms with Crippen molar-refractivity contribution < 1.29 is 9.21 Å². The summed E-state index contributed by atoms with van der Waals surface area (Å²) in [6.45, 7) is 4.49. The average Bonchev–Trinajstić information content (AvgIpc) is 2.68. The van der Waals surface area contributed by atoms with Crippen LogP contribution in [0.2, 0.25) is 0 Å². The first-order valence-corrected chi connectivity index (χ1v) is 5.36. The second-order valence-corrected chi connectivity index (χ2v) is 3.43. The maximum atomic E-state index is 11.3. The molecule has 1 N–H and O–H groups in total. The number of hydrogen-bond donors (Lipinski definition) is 1. The molecule has 0 spiro atoms. The van der Waals surface area contributed by atoms with Gasteiger partial charge in [0.05, 0.1) is 0 Å². The molecular formula is C13H17NO2. The zero-order valence-corrected chi connectivity index (χ0v) is 9.69. The largest absolute Gasteiger partial charge is 0.462 e. The first kappa shape index (κ1) is 12.3. The molecule has 0 saturated heterocycles. The summed E-state index contributed by atoms with van der Waals surface area (Å²) in [7, 11) is 0. The summed E-state index contributed by atoms with van der Waals surface area (Å²) in [6.07, 6.45) is 7.98. The number of rotatable bonds is 5. The lowest BCUT2D eigenvalue weighted by molar-refractivity contribution is -0.116. The Kier molecular flexibility index (Phi) is 5.12. The maximum Gasteiger partial charge on any atom is 0.244 e. The minimum absolute atomic E-state index is 0.0986. The summed E-state index contributed by atoms with van der Waals surface area (Å²) in [6, 6.07) is 3.70. The zero-order valence-electron chi connectivity index (χ0n) is 9.69. The molecule has 0 unspecified atom stereocenters. The fourth-order valence-electron chi connectivity index (χ4n) is 1.21. The third kappa shape index (κ3) is 4.64. The Balaban J connectivity index is 2.31. The highest BCUT2D eigenvalue weighted by atomic mass is 16.3. The fourth-order valence-corrected chi connectivity index (χ4v) is 1.21. The van der Waals surface area contributed by atoms with Crippen LogP contribution >= 0.6 is 0 Å². The highest BCUT2D eigenvalue weighted by Gasteiger charge is 1.95. The predicted octanol–water partition coefficient (Wildman–Crippen LogP) is 2.68. The fraction of sp³-hybridized carbons (Fsp3) is 0.308. The predicted molar refractivity (Wildman–Crippen MR) is 64.9 cm³/mol. The summed E-state index contributed by atoms with van der Waals surface area (Å²) in [5.74, 6) is 1.44. The van der Waals surface area contributed by atoms with E-state index in [0.29, 0.717) is 12.3 Å². The second-order valence-electron chi connectivity index (χ2n) is 3.43. The van der Waals surface area contributed by atoms with Gasteiger partial charge in [-0.3, -0.25) is 4.79 Å². The SMILES string of the molecule is C/C=C/CCNC(=O)/C=C/c1ccc(C)o1. The first-order chi connectivity index (χ1) is 7.72. The van der Waals surface area contributed by atoms with Crippen LogP contribution in [0.15, 0.2) is 34.8 Å². The number of carbonyl (C=O) groups is 1. The van der Waals surface area contributed by atoms with Crippen LogP contribution < -0.4 is 5.32 Å². The first-order valence-electron chi connectivity index (χ1n) is 5.36. The summed E-state index contributed by atoms with van der Waals surface area (Å²) < 4.78 is 5.30. The summed E-state index contributed by atoms with van der Waals surface area (Å²) in [5.41, 5.74) is 0. The second kappa shape index (κ2) is 6.67. The number of allylic oxidation sites excluding steroid dienone is 1. The van der Waals surface area contributed by atoms with Crippen molar-refractivity contribution in [2.45, 2.75) is 20.3 Å². The van der Waals surface area contributed by atoms with Crippen molar-refractivity contribution in [2.75, 3.05) is 6.54 Å². The van der Waals surface area contributed by atoms with Gasteiger partial charge in [0, 0.05) is 12.6 Å². The Morgan fingerprint density at radius 2 is 2.31 bits per heavy atom. The molecule has 0 radical (unpaired) electrons. The molecule has 1 heterocycles. The van der Waals surface area contributed by atoms with Crippen molar-refractivity contribution >= 4 is 12.0 Å². The van der Waals surface area contributed by atoms with Gasteiger partial charge in [-0.15, -0.1) is 0 Å². The van der Waals surface area contributed by atoms with Gasteiger partial charge in [-0.2, -0.15) is 0 Å². The van der Waals surface area contributed by atoms with Crippen molar-refractivity contribution in [1.29, 1.82) is 0 Å². The van der Waals surface area contributed by atoms with E-state index in [1.807, 2.05) is 38.1 Å². The molecule has 3 nitrogen and oxygen atoms in total. The molecule has 0 saturated carbocycles. The number of aryl methyl sites for hydroxylation is 1. The molecule has 86 valence electrons. The maximum absolute atomic E-state index is 11.3. The van der Waals surface area contributed by atoms with Crippen molar-refractivity contribution in [3.05, 3.63) is 41.9 Å². The molecule has 1 aromatic heterocycles. The smallest absolute Gasteiger partial charge is 0.244 e. The van der Waals surface area contributed by atoms with Gasteiger partial charge < -0.3 is 9.73 Å². The lowest BCUT2D eigenvalue weighted by Crippen LogP contribution is -2.21. The van der Waals surface area contributed by atoms with Gasteiger partial charge in [0.25, 0.3) is 0 Å². The van der Waals surface area contributed by atoms with Gasteiger partial charge in [0.15, 0.2) is 0 Å². The van der Waals surface area contributed by atoms with Crippen molar-refractivity contribution in [3.63, 3.8) is 0 Å².